The van der Waals surface area contributed by atoms with E-state index in [9.17, 15) is 4.79 Å². The first-order chi connectivity index (χ1) is 10.2. The molecule has 2 fully saturated rings. The maximum atomic E-state index is 12.4. The highest BCUT2D eigenvalue weighted by atomic mass is 16.5. The molecule has 1 aromatic carbocycles. The van der Waals surface area contributed by atoms with Gasteiger partial charge in [0.25, 0.3) is 0 Å². The van der Waals surface area contributed by atoms with Crippen LogP contribution in [-0.4, -0.2) is 19.1 Å². The molecule has 21 heavy (non-hydrogen) atoms. The quantitative estimate of drug-likeness (QED) is 0.874. The molecule has 4 nitrogen and oxygen atoms in total. The second-order valence-electron chi connectivity index (χ2n) is 6.37. The number of benzene rings is 1. The Bertz CT molecular complexity index is 496. The third-order valence-corrected chi connectivity index (χ3v) is 4.71. The summed E-state index contributed by atoms with van der Waals surface area (Å²) in [6.07, 6.45) is 5.11. The summed E-state index contributed by atoms with van der Waals surface area (Å²) < 4.78 is 5.20. The van der Waals surface area contributed by atoms with Crippen LogP contribution in [0.25, 0.3) is 0 Å². The fourth-order valence-corrected chi connectivity index (χ4v) is 3.24. The monoisotopic (exact) mass is 288 g/mol. The van der Waals surface area contributed by atoms with Crippen LogP contribution in [0.1, 0.15) is 43.7 Å². The summed E-state index contributed by atoms with van der Waals surface area (Å²) in [4.78, 5) is 12.4. The lowest BCUT2D eigenvalue weighted by Gasteiger charge is -2.21. The van der Waals surface area contributed by atoms with Gasteiger partial charge in [0.1, 0.15) is 5.75 Å². The molecular formula is C17H24N2O2. The van der Waals surface area contributed by atoms with Gasteiger partial charge in [-0.25, -0.2) is 0 Å². The van der Waals surface area contributed by atoms with Crippen molar-refractivity contribution in [2.24, 2.45) is 17.6 Å². The number of nitrogens with one attached hydrogen (secondary N) is 1. The third-order valence-electron chi connectivity index (χ3n) is 4.71. The highest BCUT2D eigenvalue weighted by molar-refractivity contribution is 5.79. The van der Waals surface area contributed by atoms with Crippen molar-refractivity contribution < 1.29 is 9.53 Å². The Labute approximate surface area is 126 Å². The summed E-state index contributed by atoms with van der Waals surface area (Å²) in [5.41, 5.74) is 7.09. The molecule has 3 atom stereocenters. The molecule has 0 heterocycles. The van der Waals surface area contributed by atoms with Crippen molar-refractivity contribution in [1.82, 2.24) is 5.32 Å². The van der Waals surface area contributed by atoms with Crippen LogP contribution >= 0.6 is 0 Å². The number of methoxy groups -OCH3 is 1. The average Bonchev–Trinajstić information content (AvgIpc) is 3.25. The van der Waals surface area contributed by atoms with E-state index < -0.39 is 0 Å². The van der Waals surface area contributed by atoms with Crippen LogP contribution in [0.3, 0.4) is 0 Å². The van der Waals surface area contributed by atoms with E-state index in [2.05, 4.69) is 17.4 Å². The largest absolute Gasteiger partial charge is 0.497 e. The van der Waals surface area contributed by atoms with Gasteiger partial charge in [-0.15, -0.1) is 0 Å². The van der Waals surface area contributed by atoms with Crippen molar-refractivity contribution in [3.8, 4) is 5.75 Å². The molecule has 0 radical (unpaired) electrons. The van der Waals surface area contributed by atoms with Crippen molar-refractivity contribution in [1.29, 1.82) is 0 Å². The van der Waals surface area contributed by atoms with Gasteiger partial charge in [-0.05, 0) is 55.7 Å². The third kappa shape index (κ3) is 3.38. The lowest BCUT2D eigenvalue weighted by atomic mass is 10.00. The summed E-state index contributed by atoms with van der Waals surface area (Å²) >= 11 is 0. The van der Waals surface area contributed by atoms with Crippen LogP contribution in [0, 0.1) is 11.8 Å². The molecule has 0 spiro atoms. The fraction of sp³-hybridized carbons (Fsp3) is 0.588. The van der Waals surface area contributed by atoms with Crippen molar-refractivity contribution in [3.63, 3.8) is 0 Å². The molecule has 3 N–H and O–H groups in total. The Kier molecular flexibility index (Phi) is 4.15. The van der Waals surface area contributed by atoms with Gasteiger partial charge in [-0.2, -0.15) is 0 Å². The van der Waals surface area contributed by atoms with Crippen molar-refractivity contribution in [2.75, 3.05) is 7.11 Å². The number of nitrogens with two attached hydrogens (primary N) is 1. The van der Waals surface area contributed by atoms with E-state index in [1.165, 1.54) is 18.4 Å². The highest BCUT2D eigenvalue weighted by Gasteiger charge is 2.36. The first-order valence-electron chi connectivity index (χ1n) is 7.87. The number of hydrogen-bond donors (Lipinski definition) is 2. The predicted octanol–water partition coefficient (Wildman–Crippen LogP) is 2.39. The number of ether oxygens (including phenoxy) is 1. The first kappa shape index (κ1) is 14.4. The van der Waals surface area contributed by atoms with Gasteiger partial charge in [-0.1, -0.05) is 12.1 Å². The lowest BCUT2D eigenvalue weighted by molar-refractivity contribution is -0.125. The van der Waals surface area contributed by atoms with E-state index in [-0.39, 0.29) is 23.9 Å². The standard InChI is InChI=1S/C17H24N2O2/c1-21-15-8-5-12(6-9-15)16(11-2-3-11)19-17(20)13-4-7-14(18)10-13/h5-6,8-9,11,13-14,16H,2-4,7,10,18H2,1H3,(H,19,20). The minimum absolute atomic E-state index is 0.0968. The molecule has 114 valence electrons. The van der Waals surface area contributed by atoms with Crippen LogP contribution in [0.4, 0.5) is 0 Å². The molecular weight excluding hydrogens is 264 g/mol. The second kappa shape index (κ2) is 6.06. The summed E-state index contributed by atoms with van der Waals surface area (Å²) in [6.45, 7) is 0. The maximum Gasteiger partial charge on any atom is 0.223 e. The molecule has 2 aliphatic rings. The van der Waals surface area contributed by atoms with Crippen LogP contribution in [-0.2, 0) is 4.79 Å². The first-order valence-corrected chi connectivity index (χ1v) is 7.87. The molecule has 0 bridgehead atoms. The van der Waals surface area contributed by atoms with Crippen LogP contribution in [0.2, 0.25) is 0 Å². The number of rotatable bonds is 5. The Morgan fingerprint density at radius 3 is 2.48 bits per heavy atom. The minimum Gasteiger partial charge on any atom is -0.497 e. The highest BCUT2D eigenvalue weighted by Crippen LogP contribution is 2.41. The maximum absolute atomic E-state index is 12.4. The molecule has 1 aromatic rings. The van der Waals surface area contributed by atoms with E-state index in [0.29, 0.717) is 5.92 Å². The topological polar surface area (TPSA) is 64.3 Å². The Morgan fingerprint density at radius 1 is 1.24 bits per heavy atom. The van der Waals surface area contributed by atoms with Crippen LogP contribution < -0.4 is 15.8 Å². The van der Waals surface area contributed by atoms with Crippen molar-refractivity contribution >= 4 is 5.91 Å². The molecule has 3 unspecified atom stereocenters. The summed E-state index contributed by atoms with van der Waals surface area (Å²) in [6, 6.07) is 8.37. The number of amides is 1. The van der Waals surface area contributed by atoms with Gasteiger partial charge in [0.2, 0.25) is 5.91 Å². The van der Waals surface area contributed by atoms with Crippen LogP contribution in [0.15, 0.2) is 24.3 Å². The van der Waals surface area contributed by atoms with Gasteiger partial charge in [-0.3, -0.25) is 4.79 Å². The SMILES string of the molecule is COc1ccc(C(NC(=O)C2CCC(N)C2)C2CC2)cc1. The van der Waals surface area contributed by atoms with E-state index in [1.54, 1.807) is 7.11 Å². The summed E-state index contributed by atoms with van der Waals surface area (Å²) in [5.74, 6) is 1.70. The zero-order valence-corrected chi connectivity index (χ0v) is 12.5. The normalized spacial score (nSPS) is 26.4. The average molecular weight is 288 g/mol. The molecule has 4 heteroatoms. The van der Waals surface area contributed by atoms with Gasteiger partial charge in [0.15, 0.2) is 0 Å². The van der Waals surface area contributed by atoms with Gasteiger partial charge >= 0.3 is 0 Å². The van der Waals surface area contributed by atoms with Crippen LogP contribution in [0.5, 0.6) is 5.75 Å². The van der Waals surface area contributed by atoms with E-state index in [4.69, 9.17) is 10.5 Å². The number of carbonyl (C=O) groups excluding carboxylic acids is 1. The van der Waals surface area contributed by atoms with Crippen molar-refractivity contribution in [2.45, 2.75) is 44.2 Å². The number of hydrogen-bond acceptors (Lipinski definition) is 3. The van der Waals surface area contributed by atoms with E-state index >= 15 is 0 Å². The second-order valence-corrected chi connectivity index (χ2v) is 6.37. The predicted molar refractivity (Wildman–Crippen MR) is 81.9 cm³/mol. The molecule has 2 aliphatic carbocycles. The van der Waals surface area contributed by atoms with E-state index in [0.717, 1.165) is 25.0 Å². The summed E-state index contributed by atoms with van der Waals surface area (Å²) in [5, 5.41) is 3.26. The van der Waals surface area contributed by atoms with Crippen molar-refractivity contribution in [3.05, 3.63) is 29.8 Å². The Balaban J connectivity index is 1.68. The molecule has 0 aliphatic heterocycles. The molecule has 3 rings (SSSR count). The molecule has 1 amide bonds. The molecule has 0 aromatic heterocycles. The zero-order valence-electron chi connectivity index (χ0n) is 12.5. The van der Waals surface area contributed by atoms with Gasteiger partial charge in [0.05, 0.1) is 13.2 Å². The Morgan fingerprint density at radius 2 is 1.95 bits per heavy atom. The van der Waals surface area contributed by atoms with Gasteiger partial charge < -0.3 is 15.8 Å². The fourth-order valence-electron chi connectivity index (χ4n) is 3.24. The Hall–Kier alpha value is -1.55. The smallest absolute Gasteiger partial charge is 0.223 e. The molecule has 0 saturated heterocycles. The number of carbonyl (C=O) groups is 1. The summed E-state index contributed by atoms with van der Waals surface area (Å²) in [7, 11) is 1.67. The molecule has 2 saturated carbocycles. The van der Waals surface area contributed by atoms with Gasteiger partial charge in [0, 0.05) is 12.0 Å². The lowest BCUT2D eigenvalue weighted by Crippen LogP contribution is -2.34. The van der Waals surface area contributed by atoms with E-state index in [1.807, 2.05) is 12.1 Å². The zero-order chi connectivity index (χ0) is 14.8. The minimum atomic E-state index is 0.0968.